The molecule has 0 aliphatic carbocycles. The molecular formula is C17H27F2NO. The van der Waals surface area contributed by atoms with Crippen LogP contribution in [0.5, 0.6) is 5.75 Å². The van der Waals surface area contributed by atoms with Crippen molar-refractivity contribution in [3.63, 3.8) is 0 Å². The van der Waals surface area contributed by atoms with Gasteiger partial charge < -0.3 is 10.1 Å². The molecular weight excluding hydrogens is 272 g/mol. The summed E-state index contributed by atoms with van der Waals surface area (Å²) in [4.78, 5) is 0. The van der Waals surface area contributed by atoms with Gasteiger partial charge in [0.15, 0.2) is 0 Å². The van der Waals surface area contributed by atoms with Gasteiger partial charge in [0.2, 0.25) is 0 Å². The largest absolute Gasteiger partial charge is 0.497 e. The summed E-state index contributed by atoms with van der Waals surface area (Å²) >= 11 is 0. The summed E-state index contributed by atoms with van der Waals surface area (Å²) in [6, 6.07) is 2.48. The Hall–Kier alpha value is -1.16. The van der Waals surface area contributed by atoms with Crippen LogP contribution in [0.25, 0.3) is 0 Å². The molecule has 1 aromatic carbocycles. The van der Waals surface area contributed by atoms with Gasteiger partial charge in [0.1, 0.15) is 17.4 Å². The van der Waals surface area contributed by atoms with Crippen LogP contribution in [-0.2, 0) is 6.42 Å². The predicted octanol–water partition coefficient (Wildman–Crippen LogP) is 4.32. The molecule has 2 nitrogen and oxygen atoms in total. The zero-order chi connectivity index (χ0) is 16.0. The number of hydrogen-bond donors (Lipinski definition) is 1. The van der Waals surface area contributed by atoms with Gasteiger partial charge in [-0.15, -0.1) is 0 Å². The minimum Gasteiger partial charge on any atom is -0.497 e. The number of hydrogen-bond acceptors (Lipinski definition) is 2. The zero-order valence-electron chi connectivity index (χ0n) is 13.7. The fraction of sp³-hybridized carbons (Fsp3) is 0.647. The first-order valence-electron chi connectivity index (χ1n) is 7.50. The summed E-state index contributed by atoms with van der Waals surface area (Å²) in [5.74, 6) is -0.407. The number of rotatable bonds is 7. The van der Waals surface area contributed by atoms with E-state index in [9.17, 15) is 8.78 Å². The molecule has 0 amide bonds. The van der Waals surface area contributed by atoms with Crippen LogP contribution in [-0.4, -0.2) is 19.2 Å². The van der Waals surface area contributed by atoms with Crippen LogP contribution in [0.3, 0.4) is 0 Å². The molecule has 0 bridgehead atoms. The lowest BCUT2D eigenvalue weighted by Gasteiger charge is -2.22. The number of methoxy groups -OCH3 is 1. The normalized spacial score (nSPS) is 13.3. The van der Waals surface area contributed by atoms with E-state index in [1.807, 2.05) is 0 Å². The molecule has 0 aliphatic rings. The summed E-state index contributed by atoms with van der Waals surface area (Å²) in [6.07, 6.45) is 2.18. The third kappa shape index (κ3) is 6.42. The fourth-order valence-corrected chi connectivity index (χ4v) is 2.17. The van der Waals surface area contributed by atoms with Crippen molar-refractivity contribution in [1.82, 2.24) is 5.32 Å². The molecule has 0 spiro atoms. The number of halogens is 2. The van der Waals surface area contributed by atoms with Gasteiger partial charge in [-0.05, 0) is 52.5 Å². The first-order valence-corrected chi connectivity index (χ1v) is 7.50. The van der Waals surface area contributed by atoms with Crippen molar-refractivity contribution >= 4 is 0 Å². The lowest BCUT2D eigenvalue weighted by molar-refractivity contribution is 0.383. The Bertz CT molecular complexity index is 432. The van der Waals surface area contributed by atoms with Gasteiger partial charge in [0, 0.05) is 23.2 Å². The van der Waals surface area contributed by atoms with Crippen molar-refractivity contribution in [2.45, 2.75) is 52.5 Å². The quantitative estimate of drug-likeness (QED) is 0.809. The Morgan fingerprint density at radius 1 is 1.14 bits per heavy atom. The summed E-state index contributed by atoms with van der Waals surface area (Å²) in [5, 5.41) is 3.42. The summed E-state index contributed by atoms with van der Waals surface area (Å²) in [6.45, 7) is 9.40. The SMILES string of the molecule is COc1cc(F)c(CCC(C)CCNC(C)(C)C)c(F)c1. The first-order chi connectivity index (χ1) is 9.73. The van der Waals surface area contributed by atoms with Crippen molar-refractivity contribution in [1.29, 1.82) is 0 Å². The Balaban J connectivity index is 2.48. The highest BCUT2D eigenvalue weighted by Crippen LogP contribution is 2.23. The average Bonchev–Trinajstić information content (AvgIpc) is 2.35. The molecule has 1 N–H and O–H groups in total. The van der Waals surface area contributed by atoms with Gasteiger partial charge in [0.25, 0.3) is 0 Å². The molecule has 120 valence electrons. The Kier molecular flexibility index (Phi) is 6.59. The third-order valence-corrected chi connectivity index (χ3v) is 3.53. The summed E-state index contributed by atoms with van der Waals surface area (Å²) in [5.41, 5.74) is 0.264. The van der Waals surface area contributed by atoms with Crippen LogP contribution in [0.15, 0.2) is 12.1 Å². The van der Waals surface area contributed by atoms with Crippen LogP contribution >= 0.6 is 0 Å². The topological polar surface area (TPSA) is 21.3 Å². The molecule has 1 aromatic rings. The van der Waals surface area contributed by atoms with Gasteiger partial charge in [-0.3, -0.25) is 0 Å². The molecule has 0 heterocycles. The van der Waals surface area contributed by atoms with E-state index in [-0.39, 0.29) is 16.9 Å². The second-order valence-electron chi connectivity index (χ2n) is 6.68. The van der Waals surface area contributed by atoms with Crippen molar-refractivity contribution in [3.05, 3.63) is 29.3 Å². The molecule has 1 atom stereocenters. The van der Waals surface area contributed by atoms with E-state index in [1.165, 1.54) is 19.2 Å². The van der Waals surface area contributed by atoms with Gasteiger partial charge in [0.05, 0.1) is 7.11 Å². The molecule has 1 unspecified atom stereocenters. The van der Waals surface area contributed by atoms with E-state index in [0.29, 0.717) is 12.3 Å². The van der Waals surface area contributed by atoms with Crippen molar-refractivity contribution in [2.75, 3.05) is 13.7 Å². The Morgan fingerprint density at radius 3 is 2.19 bits per heavy atom. The zero-order valence-corrected chi connectivity index (χ0v) is 13.7. The van der Waals surface area contributed by atoms with Crippen LogP contribution in [0.1, 0.15) is 46.1 Å². The maximum Gasteiger partial charge on any atom is 0.133 e. The molecule has 0 radical (unpaired) electrons. The summed E-state index contributed by atoms with van der Waals surface area (Å²) in [7, 11) is 1.40. The highest BCUT2D eigenvalue weighted by molar-refractivity contribution is 5.30. The van der Waals surface area contributed by atoms with E-state index in [0.717, 1.165) is 19.4 Å². The Labute approximate surface area is 126 Å². The maximum atomic E-state index is 13.8. The second-order valence-corrected chi connectivity index (χ2v) is 6.68. The van der Waals surface area contributed by atoms with Gasteiger partial charge in [-0.2, -0.15) is 0 Å². The van der Waals surface area contributed by atoms with Crippen molar-refractivity contribution in [2.24, 2.45) is 5.92 Å². The maximum absolute atomic E-state index is 13.8. The van der Waals surface area contributed by atoms with Gasteiger partial charge in [-0.1, -0.05) is 6.92 Å². The predicted molar refractivity (Wildman–Crippen MR) is 82.8 cm³/mol. The van der Waals surface area contributed by atoms with Crippen LogP contribution < -0.4 is 10.1 Å². The fourth-order valence-electron chi connectivity index (χ4n) is 2.17. The standard InChI is InChI=1S/C17H27F2NO/c1-12(8-9-20-17(2,3)4)6-7-14-15(18)10-13(21-5)11-16(14)19/h10-12,20H,6-9H2,1-5H3. The number of ether oxygens (including phenoxy) is 1. The minimum atomic E-state index is -0.521. The van der Waals surface area contributed by atoms with Crippen LogP contribution in [0, 0.1) is 17.6 Å². The van der Waals surface area contributed by atoms with Gasteiger partial charge >= 0.3 is 0 Å². The van der Waals surface area contributed by atoms with Crippen LogP contribution in [0.2, 0.25) is 0 Å². The number of benzene rings is 1. The molecule has 0 saturated heterocycles. The third-order valence-electron chi connectivity index (χ3n) is 3.53. The lowest BCUT2D eigenvalue weighted by atomic mass is 9.97. The van der Waals surface area contributed by atoms with E-state index < -0.39 is 11.6 Å². The minimum absolute atomic E-state index is 0.105. The highest BCUT2D eigenvalue weighted by atomic mass is 19.1. The summed E-state index contributed by atoms with van der Waals surface area (Å²) < 4.78 is 32.5. The monoisotopic (exact) mass is 299 g/mol. The first kappa shape index (κ1) is 17.9. The molecule has 1 rings (SSSR count). The molecule has 4 heteroatoms. The molecule has 0 saturated carbocycles. The van der Waals surface area contributed by atoms with E-state index in [2.05, 4.69) is 33.0 Å². The molecule has 0 aliphatic heterocycles. The highest BCUT2D eigenvalue weighted by Gasteiger charge is 2.14. The van der Waals surface area contributed by atoms with E-state index in [4.69, 9.17) is 4.74 Å². The van der Waals surface area contributed by atoms with E-state index in [1.54, 1.807) is 0 Å². The Morgan fingerprint density at radius 2 is 1.71 bits per heavy atom. The smallest absolute Gasteiger partial charge is 0.133 e. The molecule has 0 fully saturated rings. The second kappa shape index (κ2) is 7.74. The van der Waals surface area contributed by atoms with Crippen molar-refractivity contribution < 1.29 is 13.5 Å². The molecule has 0 aromatic heterocycles. The van der Waals surface area contributed by atoms with Gasteiger partial charge in [-0.25, -0.2) is 8.78 Å². The van der Waals surface area contributed by atoms with E-state index >= 15 is 0 Å². The van der Waals surface area contributed by atoms with Crippen LogP contribution in [0.4, 0.5) is 8.78 Å². The molecule has 21 heavy (non-hydrogen) atoms. The lowest BCUT2D eigenvalue weighted by Crippen LogP contribution is -2.36. The average molecular weight is 299 g/mol. The number of nitrogens with one attached hydrogen (secondary N) is 1. The van der Waals surface area contributed by atoms with Crippen molar-refractivity contribution in [3.8, 4) is 5.75 Å².